The molecule has 3 atom stereocenters. The number of aliphatic hydroxyl groups is 1. The minimum absolute atomic E-state index is 0.120. The standard InChI is InChI=1S/C27H37BrO4Si/c1-25(2,3)33(22-13-9-7-10-14-22,23-15-11-8-12-16-23)31-21(17-18-28)19-24-27(6,20-29)32-26(4,5)30-24/h7-18,21,24,29H,19-20H2,1-6H3/b18-17-/t21-,24+,27+/m0/s1. The first-order chi connectivity index (χ1) is 15.5. The van der Waals surface area contributed by atoms with E-state index in [4.69, 9.17) is 13.9 Å². The lowest BCUT2D eigenvalue weighted by Gasteiger charge is -2.45. The summed E-state index contributed by atoms with van der Waals surface area (Å²) in [7, 11) is -2.74. The van der Waals surface area contributed by atoms with Gasteiger partial charge in [0, 0.05) is 6.42 Å². The lowest BCUT2D eigenvalue weighted by atomic mass is 9.95. The van der Waals surface area contributed by atoms with Crippen LogP contribution in [0.25, 0.3) is 0 Å². The van der Waals surface area contributed by atoms with Gasteiger partial charge in [-0.15, -0.1) is 0 Å². The number of hydrogen-bond acceptors (Lipinski definition) is 4. The minimum atomic E-state index is -2.74. The van der Waals surface area contributed by atoms with Gasteiger partial charge in [-0.3, -0.25) is 0 Å². The Morgan fingerprint density at radius 1 is 1.03 bits per heavy atom. The van der Waals surface area contributed by atoms with Crippen LogP contribution in [0.15, 0.2) is 71.7 Å². The molecule has 3 rings (SSSR count). The van der Waals surface area contributed by atoms with Crippen LogP contribution in [-0.4, -0.2) is 43.6 Å². The molecule has 1 aliphatic heterocycles. The third kappa shape index (κ3) is 5.52. The zero-order chi connectivity index (χ0) is 24.3. The number of ether oxygens (including phenoxy) is 2. The van der Waals surface area contributed by atoms with Gasteiger partial charge in [-0.05, 0) is 41.2 Å². The van der Waals surface area contributed by atoms with Crippen LogP contribution in [0.3, 0.4) is 0 Å². The predicted octanol–water partition coefficient (Wildman–Crippen LogP) is 5.13. The quantitative estimate of drug-likeness (QED) is 0.478. The van der Waals surface area contributed by atoms with E-state index in [-0.39, 0.29) is 23.9 Å². The minimum Gasteiger partial charge on any atom is -0.401 e. The molecular formula is C27H37BrO4Si. The number of rotatable bonds is 8. The van der Waals surface area contributed by atoms with Crippen molar-refractivity contribution in [3.63, 3.8) is 0 Å². The smallest absolute Gasteiger partial charge is 0.261 e. The summed E-state index contributed by atoms with van der Waals surface area (Å²) in [5.41, 5.74) is -0.795. The van der Waals surface area contributed by atoms with Crippen molar-refractivity contribution in [2.45, 2.75) is 76.6 Å². The number of aliphatic hydroxyl groups excluding tert-OH is 1. The summed E-state index contributed by atoms with van der Waals surface area (Å²) in [5.74, 6) is -0.762. The monoisotopic (exact) mass is 532 g/mol. The Kier molecular flexibility index (Phi) is 8.09. The first kappa shape index (κ1) is 26.3. The second-order valence-corrected chi connectivity index (χ2v) is 15.2. The molecule has 4 nitrogen and oxygen atoms in total. The van der Waals surface area contributed by atoms with E-state index in [9.17, 15) is 5.11 Å². The van der Waals surface area contributed by atoms with E-state index in [1.807, 2.05) is 44.0 Å². The molecule has 2 aromatic carbocycles. The Morgan fingerprint density at radius 2 is 1.55 bits per heavy atom. The highest BCUT2D eigenvalue weighted by atomic mass is 79.9. The molecule has 180 valence electrons. The van der Waals surface area contributed by atoms with E-state index in [0.717, 1.165) is 0 Å². The van der Waals surface area contributed by atoms with Gasteiger partial charge in [0.05, 0.1) is 18.8 Å². The fourth-order valence-corrected chi connectivity index (χ4v) is 9.91. The zero-order valence-electron chi connectivity index (χ0n) is 20.5. The van der Waals surface area contributed by atoms with E-state index in [2.05, 4.69) is 85.2 Å². The van der Waals surface area contributed by atoms with Crippen molar-refractivity contribution < 1.29 is 19.0 Å². The van der Waals surface area contributed by atoms with Crippen molar-refractivity contribution in [2.75, 3.05) is 6.61 Å². The molecule has 0 saturated carbocycles. The van der Waals surface area contributed by atoms with Crippen molar-refractivity contribution in [2.24, 2.45) is 0 Å². The third-order valence-corrected chi connectivity index (χ3v) is 11.7. The van der Waals surface area contributed by atoms with Gasteiger partial charge in [0.15, 0.2) is 5.79 Å². The molecule has 0 aromatic heterocycles. The van der Waals surface area contributed by atoms with Crippen LogP contribution >= 0.6 is 15.9 Å². The number of hydrogen-bond donors (Lipinski definition) is 1. The lowest BCUT2D eigenvalue weighted by molar-refractivity contribution is -0.166. The largest absolute Gasteiger partial charge is 0.401 e. The zero-order valence-corrected chi connectivity index (χ0v) is 23.1. The summed E-state index contributed by atoms with van der Waals surface area (Å²) in [6.07, 6.45) is 2.03. The highest BCUT2D eigenvalue weighted by Gasteiger charge is 2.54. The molecule has 0 bridgehead atoms. The van der Waals surface area contributed by atoms with Gasteiger partial charge in [0.1, 0.15) is 5.60 Å². The van der Waals surface area contributed by atoms with E-state index < -0.39 is 19.7 Å². The molecule has 0 radical (unpaired) electrons. The third-order valence-electron chi connectivity index (χ3n) is 6.38. The average molecular weight is 534 g/mol. The Morgan fingerprint density at radius 3 is 1.97 bits per heavy atom. The summed E-state index contributed by atoms with van der Waals surface area (Å²) in [4.78, 5) is 1.85. The summed E-state index contributed by atoms with van der Waals surface area (Å²) >= 11 is 3.47. The second kappa shape index (κ2) is 10.1. The van der Waals surface area contributed by atoms with Crippen molar-refractivity contribution in [1.82, 2.24) is 0 Å². The Labute approximate surface area is 208 Å². The van der Waals surface area contributed by atoms with Crippen molar-refractivity contribution in [1.29, 1.82) is 0 Å². The van der Waals surface area contributed by atoms with Gasteiger partial charge < -0.3 is 19.0 Å². The maximum Gasteiger partial charge on any atom is 0.261 e. The predicted molar refractivity (Wildman–Crippen MR) is 141 cm³/mol. The van der Waals surface area contributed by atoms with Gasteiger partial charge in [-0.25, -0.2) is 0 Å². The molecule has 2 aromatic rings. The van der Waals surface area contributed by atoms with Gasteiger partial charge in [-0.1, -0.05) is 103 Å². The molecule has 6 heteroatoms. The van der Waals surface area contributed by atoms with Crippen molar-refractivity contribution >= 4 is 34.6 Å². The summed E-state index contributed by atoms with van der Waals surface area (Å²) in [5, 5.41) is 12.4. The van der Waals surface area contributed by atoms with E-state index in [0.29, 0.717) is 6.42 Å². The molecule has 0 unspecified atom stereocenters. The van der Waals surface area contributed by atoms with Crippen LogP contribution < -0.4 is 10.4 Å². The van der Waals surface area contributed by atoms with Crippen LogP contribution in [0.1, 0.15) is 48.0 Å². The van der Waals surface area contributed by atoms with Crippen LogP contribution in [0.2, 0.25) is 5.04 Å². The summed E-state index contributed by atoms with van der Waals surface area (Å²) in [6.45, 7) is 12.4. The molecule has 1 aliphatic rings. The van der Waals surface area contributed by atoms with Crippen molar-refractivity contribution in [3.05, 3.63) is 71.7 Å². The van der Waals surface area contributed by atoms with Crippen LogP contribution in [-0.2, 0) is 13.9 Å². The molecule has 33 heavy (non-hydrogen) atoms. The Bertz CT molecular complexity index is 887. The average Bonchev–Trinajstić information content (AvgIpc) is 3.00. The van der Waals surface area contributed by atoms with Crippen LogP contribution in [0, 0.1) is 0 Å². The molecule has 0 amide bonds. The highest BCUT2D eigenvalue weighted by Crippen LogP contribution is 2.41. The van der Waals surface area contributed by atoms with Crippen molar-refractivity contribution in [3.8, 4) is 0 Å². The van der Waals surface area contributed by atoms with Gasteiger partial charge in [0.25, 0.3) is 8.32 Å². The highest BCUT2D eigenvalue weighted by molar-refractivity contribution is 9.11. The molecular weight excluding hydrogens is 496 g/mol. The fraction of sp³-hybridized carbons (Fsp3) is 0.481. The Hall–Kier alpha value is -1.28. The molecule has 0 aliphatic carbocycles. The molecule has 1 N–H and O–H groups in total. The van der Waals surface area contributed by atoms with Gasteiger partial charge in [-0.2, -0.15) is 0 Å². The molecule has 1 fully saturated rings. The molecule has 1 heterocycles. The first-order valence-electron chi connectivity index (χ1n) is 11.5. The van der Waals surface area contributed by atoms with Crippen LogP contribution in [0.5, 0.6) is 0 Å². The fourth-order valence-electron chi connectivity index (χ4n) is 4.93. The van der Waals surface area contributed by atoms with E-state index in [1.165, 1.54) is 10.4 Å². The van der Waals surface area contributed by atoms with Gasteiger partial charge in [0.2, 0.25) is 0 Å². The lowest BCUT2D eigenvalue weighted by Crippen LogP contribution is -2.67. The summed E-state index contributed by atoms with van der Waals surface area (Å²) in [6, 6.07) is 21.2. The normalized spacial score (nSPS) is 24.3. The first-order valence-corrected chi connectivity index (χ1v) is 14.3. The topological polar surface area (TPSA) is 47.9 Å². The van der Waals surface area contributed by atoms with E-state index >= 15 is 0 Å². The maximum absolute atomic E-state index is 10.1. The molecule has 0 spiro atoms. The summed E-state index contributed by atoms with van der Waals surface area (Å²) < 4.78 is 19.6. The Balaban J connectivity index is 2.09. The second-order valence-electron chi connectivity index (χ2n) is 10.5. The molecule has 1 saturated heterocycles. The van der Waals surface area contributed by atoms with Crippen LogP contribution in [0.4, 0.5) is 0 Å². The van der Waals surface area contributed by atoms with E-state index in [1.54, 1.807) is 0 Å². The number of benzene rings is 2. The van der Waals surface area contributed by atoms with Gasteiger partial charge >= 0.3 is 0 Å². The number of halogens is 1. The SMILES string of the molecule is CC1(C)O[C@H](C[C@H](/C=C\Br)O[Si](c2ccccc2)(c2ccccc2)C(C)(C)C)[C@@](C)(CO)O1. The maximum atomic E-state index is 10.1.